The van der Waals surface area contributed by atoms with Crippen molar-refractivity contribution in [3.8, 4) is 0 Å². The van der Waals surface area contributed by atoms with Crippen molar-refractivity contribution in [1.82, 2.24) is 4.90 Å². The topological polar surface area (TPSA) is 77.8 Å². The molecular weight excluding hydrogens is 246 g/mol. The summed E-state index contributed by atoms with van der Waals surface area (Å²) in [6, 6.07) is 6.17. The molecule has 1 amide bonds. The first kappa shape index (κ1) is 12.2. The molecule has 100 valence electrons. The Bertz CT molecular complexity index is 544. The van der Waals surface area contributed by atoms with Gasteiger partial charge in [-0.15, -0.1) is 0 Å². The Hall–Kier alpha value is -1.88. The maximum Gasteiger partial charge on any atom is 0.336 e. The zero-order valence-corrected chi connectivity index (χ0v) is 10.4. The van der Waals surface area contributed by atoms with Crippen LogP contribution in [0.25, 0.3) is 0 Å². The van der Waals surface area contributed by atoms with Gasteiger partial charge in [-0.3, -0.25) is 4.79 Å². The molecule has 1 saturated heterocycles. The lowest BCUT2D eigenvalue weighted by molar-refractivity contribution is -0.0958. The maximum atomic E-state index is 12.2. The molecule has 0 atom stereocenters. The minimum absolute atomic E-state index is 0.00867. The quantitative estimate of drug-likeness (QED) is 0.850. The molecule has 1 heterocycles. The number of aliphatic hydroxyl groups is 1. The first-order valence-electron chi connectivity index (χ1n) is 6.35. The van der Waals surface area contributed by atoms with E-state index in [2.05, 4.69) is 0 Å². The van der Waals surface area contributed by atoms with E-state index in [0.29, 0.717) is 19.0 Å². The highest BCUT2D eigenvalue weighted by molar-refractivity contribution is 6.05. The zero-order chi connectivity index (χ0) is 13.6. The lowest BCUT2D eigenvalue weighted by Crippen LogP contribution is -2.64. The molecule has 3 rings (SSSR count). The molecule has 0 aromatic heterocycles. The zero-order valence-electron chi connectivity index (χ0n) is 10.4. The smallest absolute Gasteiger partial charge is 0.336 e. The fourth-order valence-electron chi connectivity index (χ4n) is 2.66. The van der Waals surface area contributed by atoms with Crippen molar-refractivity contribution in [1.29, 1.82) is 0 Å². The van der Waals surface area contributed by atoms with Crippen molar-refractivity contribution >= 4 is 11.9 Å². The Morgan fingerprint density at radius 3 is 2.26 bits per heavy atom. The Morgan fingerprint density at radius 2 is 1.74 bits per heavy atom. The summed E-state index contributed by atoms with van der Waals surface area (Å²) in [5.74, 6) is -1.11. The molecule has 1 saturated carbocycles. The molecule has 0 radical (unpaired) electrons. The molecule has 2 N–H and O–H groups in total. The van der Waals surface area contributed by atoms with Crippen molar-refractivity contribution in [2.24, 2.45) is 5.92 Å². The van der Waals surface area contributed by atoms with Crippen LogP contribution < -0.4 is 0 Å². The van der Waals surface area contributed by atoms with Crippen LogP contribution >= 0.6 is 0 Å². The van der Waals surface area contributed by atoms with Gasteiger partial charge in [0.15, 0.2) is 0 Å². The SMILES string of the molecule is O=C(O)c1ccccc1C(=O)N1CC(O)(C2CC2)C1. The minimum Gasteiger partial charge on any atom is -0.478 e. The fraction of sp³-hybridized carbons (Fsp3) is 0.429. The summed E-state index contributed by atoms with van der Waals surface area (Å²) in [7, 11) is 0. The van der Waals surface area contributed by atoms with Gasteiger partial charge in [0, 0.05) is 0 Å². The third-order valence-electron chi connectivity index (χ3n) is 3.94. The average Bonchev–Trinajstić information content (AvgIpc) is 3.18. The van der Waals surface area contributed by atoms with Gasteiger partial charge < -0.3 is 15.1 Å². The highest BCUT2D eigenvalue weighted by atomic mass is 16.4. The van der Waals surface area contributed by atoms with Crippen LogP contribution in [0.15, 0.2) is 24.3 Å². The minimum atomic E-state index is -1.11. The summed E-state index contributed by atoms with van der Waals surface area (Å²) in [4.78, 5) is 24.8. The molecule has 5 nitrogen and oxygen atoms in total. The Kier molecular flexibility index (Phi) is 2.60. The summed E-state index contributed by atoms with van der Waals surface area (Å²) in [6.45, 7) is 0.620. The van der Waals surface area contributed by atoms with Crippen molar-refractivity contribution in [2.45, 2.75) is 18.4 Å². The van der Waals surface area contributed by atoms with Gasteiger partial charge >= 0.3 is 5.97 Å². The standard InChI is InChI=1S/C14H15NO4/c16-12(10-3-1-2-4-11(10)13(17)18)15-7-14(19,8-15)9-5-6-9/h1-4,9,19H,5-8H2,(H,17,18). The summed E-state index contributed by atoms with van der Waals surface area (Å²) in [6.07, 6.45) is 2.04. The number of carboxylic acids is 1. The molecule has 0 spiro atoms. The van der Waals surface area contributed by atoms with Crippen LogP contribution in [0.5, 0.6) is 0 Å². The van der Waals surface area contributed by atoms with Gasteiger partial charge in [0.1, 0.15) is 5.60 Å². The van der Waals surface area contributed by atoms with Crippen LogP contribution in [0.3, 0.4) is 0 Å². The number of aromatic carboxylic acids is 1. The fourth-order valence-corrected chi connectivity index (χ4v) is 2.66. The van der Waals surface area contributed by atoms with Crippen LogP contribution in [-0.2, 0) is 0 Å². The number of nitrogens with zero attached hydrogens (tertiary/aromatic N) is 1. The lowest BCUT2D eigenvalue weighted by Gasteiger charge is -2.47. The predicted molar refractivity (Wildman–Crippen MR) is 67.0 cm³/mol. The van der Waals surface area contributed by atoms with E-state index >= 15 is 0 Å². The van der Waals surface area contributed by atoms with Gasteiger partial charge in [-0.05, 0) is 30.9 Å². The average molecular weight is 261 g/mol. The molecule has 0 unspecified atom stereocenters. The number of hydrogen-bond donors (Lipinski definition) is 2. The molecule has 1 aliphatic heterocycles. The van der Waals surface area contributed by atoms with Crippen LogP contribution in [-0.4, -0.2) is 45.7 Å². The summed E-state index contributed by atoms with van der Waals surface area (Å²) in [5, 5.41) is 19.3. The van der Waals surface area contributed by atoms with Gasteiger partial charge in [-0.1, -0.05) is 12.1 Å². The molecule has 0 bridgehead atoms. The molecule has 1 aliphatic carbocycles. The highest BCUT2D eigenvalue weighted by Gasteiger charge is 2.53. The highest BCUT2D eigenvalue weighted by Crippen LogP contribution is 2.44. The normalized spacial score (nSPS) is 20.8. The maximum absolute atomic E-state index is 12.2. The number of hydrogen-bond acceptors (Lipinski definition) is 3. The van der Waals surface area contributed by atoms with Crippen molar-refractivity contribution in [2.75, 3.05) is 13.1 Å². The Balaban J connectivity index is 1.77. The number of likely N-dealkylation sites (tertiary alicyclic amines) is 1. The Labute approximate surface area is 110 Å². The number of carboxylic acid groups (broad SMARTS) is 1. The van der Waals surface area contributed by atoms with E-state index in [1.54, 1.807) is 12.1 Å². The third kappa shape index (κ3) is 2.00. The number of β-amino-alcohol motifs (C(OH)–C–C–N with tert-alkyl or cyclic N) is 1. The van der Waals surface area contributed by atoms with E-state index in [0.717, 1.165) is 12.8 Å². The van der Waals surface area contributed by atoms with Crippen molar-refractivity contribution in [3.05, 3.63) is 35.4 Å². The molecule has 19 heavy (non-hydrogen) atoms. The van der Waals surface area contributed by atoms with E-state index < -0.39 is 11.6 Å². The van der Waals surface area contributed by atoms with Gasteiger partial charge in [0.05, 0.1) is 24.2 Å². The summed E-state index contributed by atoms with van der Waals surface area (Å²) in [5.41, 5.74) is -0.546. The summed E-state index contributed by atoms with van der Waals surface area (Å²) >= 11 is 0. The third-order valence-corrected chi connectivity index (χ3v) is 3.94. The van der Waals surface area contributed by atoms with E-state index in [4.69, 9.17) is 5.11 Å². The molecular formula is C14H15NO4. The number of rotatable bonds is 3. The van der Waals surface area contributed by atoms with Crippen LogP contribution in [0.1, 0.15) is 33.6 Å². The second-order valence-electron chi connectivity index (χ2n) is 5.39. The van der Waals surface area contributed by atoms with Crippen LogP contribution in [0.2, 0.25) is 0 Å². The van der Waals surface area contributed by atoms with Crippen LogP contribution in [0, 0.1) is 5.92 Å². The van der Waals surface area contributed by atoms with E-state index in [1.807, 2.05) is 0 Å². The van der Waals surface area contributed by atoms with E-state index in [9.17, 15) is 14.7 Å². The Morgan fingerprint density at radius 1 is 1.16 bits per heavy atom. The number of carbonyl (C=O) groups excluding carboxylic acids is 1. The summed E-state index contributed by atoms with van der Waals surface area (Å²) < 4.78 is 0. The predicted octanol–water partition coefficient (Wildman–Crippen LogP) is 0.982. The van der Waals surface area contributed by atoms with E-state index in [-0.39, 0.29) is 17.0 Å². The first-order chi connectivity index (χ1) is 9.01. The van der Waals surface area contributed by atoms with Gasteiger partial charge in [-0.25, -0.2) is 4.79 Å². The molecule has 1 aromatic carbocycles. The second-order valence-corrected chi connectivity index (χ2v) is 5.39. The number of benzene rings is 1. The lowest BCUT2D eigenvalue weighted by atomic mass is 9.88. The van der Waals surface area contributed by atoms with Crippen molar-refractivity contribution < 1.29 is 19.8 Å². The molecule has 1 aromatic rings. The van der Waals surface area contributed by atoms with Gasteiger partial charge in [0.2, 0.25) is 0 Å². The van der Waals surface area contributed by atoms with Crippen molar-refractivity contribution in [3.63, 3.8) is 0 Å². The monoisotopic (exact) mass is 261 g/mol. The number of carbonyl (C=O) groups is 2. The van der Waals surface area contributed by atoms with E-state index in [1.165, 1.54) is 17.0 Å². The molecule has 2 aliphatic rings. The second kappa shape index (κ2) is 4.06. The molecule has 2 fully saturated rings. The first-order valence-corrected chi connectivity index (χ1v) is 6.35. The van der Waals surface area contributed by atoms with Gasteiger partial charge in [-0.2, -0.15) is 0 Å². The largest absolute Gasteiger partial charge is 0.478 e. The van der Waals surface area contributed by atoms with Crippen LogP contribution in [0.4, 0.5) is 0 Å². The number of amides is 1. The van der Waals surface area contributed by atoms with Gasteiger partial charge in [0.25, 0.3) is 5.91 Å². The molecule has 5 heteroatoms.